The Hall–Kier alpha value is -1.02. The van der Waals surface area contributed by atoms with Crippen molar-refractivity contribution in [3.05, 3.63) is 29.8 Å². The highest BCUT2D eigenvalue weighted by atomic mass is 16.3. The Bertz CT molecular complexity index is 352. The molecule has 0 aromatic heterocycles. The molecule has 0 amide bonds. The molecule has 16 heavy (non-hydrogen) atoms. The van der Waals surface area contributed by atoms with Crippen LogP contribution in [-0.4, -0.2) is 29.1 Å². The molecule has 1 aromatic carbocycles. The van der Waals surface area contributed by atoms with E-state index in [9.17, 15) is 5.11 Å². The van der Waals surface area contributed by atoms with Gasteiger partial charge in [0.25, 0.3) is 0 Å². The molecule has 0 saturated carbocycles. The monoisotopic (exact) mass is 217 g/mol. The van der Waals surface area contributed by atoms with E-state index in [1.807, 2.05) is 0 Å². The van der Waals surface area contributed by atoms with E-state index in [0.29, 0.717) is 5.75 Å². The normalized spacial score (nSPS) is 32.9. The molecule has 3 fully saturated rings. The summed E-state index contributed by atoms with van der Waals surface area (Å²) < 4.78 is 0. The largest absolute Gasteiger partial charge is 0.508 e. The zero-order valence-electron chi connectivity index (χ0n) is 9.60. The number of aromatic hydroxyl groups is 1. The minimum absolute atomic E-state index is 0.370. The average Bonchev–Trinajstić information content (AvgIpc) is 2.34. The third-order valence-corrected chi connectivity index (χ3v) is 4.18. The second kappa shape index (κ2) is 4.10. The summed E-state index contributed by atoms with van der Waals surface area (Å²) in [5, 5.41) is 9.26. The fraction of sp³-hybridized carbons (Fsp3) is 0.571. The number of fused-ring (bicyclic) bond motifs is 3. The third kappa shape index (κ3) is 1.94. The lowest BCUT2D eigenvalue weighted by Gasteiger charge is -2.45. The maximum atomic E-state index is 9.26. The topological polar surface area (TPSA) is 23.5 Å². The number of piperidine rings is 3. The zero-order valence-corrected chi connectivity index (χ0v) is 9.60. The fourth-order valence-electron chi connectivity index (χ4n) is 3.20. The average molecular weight is 217 g/mol. The standard InChI is InChI=1S/C14H19NO/c16-14-3-1-11(2-4-14)9-13-10-12-5-7-15(13)8-6-12/h1-4,12-13,16H,5-10H2/t13-/m1/s1. The fourth-order valence-corrected chi connectivity index (χ4v) is 3.20. The molecule has 0 radical (unpaired) electrons. The molecule has 3 aliphatic heterocycles. The summed E-state index contributed by atoms with van der Waals surface area (Å²) in [5.74, 6) is 1.35. The zero-order chi connectivity index (χ0) is 11.0. The summed E-state index contributed by atoms with van der Waals surface area (Å²) in [7, 11) is 0. The summed E-state index contributed by atoms with van der Waals surface area (Å²) in [6.07, 6.45) is 5.34. The van der Waals surface area contributed by atoms with Gasteiger partial charge >= 0.3 is 0 Å². The lowest BCUT2D eigenvalue weighted by Crippen LogP contribution is -2.49. The Morgan fingerprint density at radius 1 is 1.12 bits per heavy atom. The van der Waals surface area contributed by atoms with Crippen LogP contribution in [0.3, 0.4) is 0 Å². The van der Waals surface area contributed by atoms with Gasteiger partial charge in [0.1, 0.15) is 5.75 Å². The quantitative estimate of drug-likeness (QED) is 0.822. The van der Waals surface area contributed by atoms with Gasteiger partial charge < -0.3 is 10.0 Å². The number of phenolic OH excluding ortho intramolecular Hbond substituents is 1. The molecule has 3 aliphatic rings. The van der Waals surface area contributed by atoms with Crippen LogP contribution in [0.5, 0.6) is 5.75 Å². The van der Waals surface area contributed by atoms with Crippen molar-refractivity contribution in [3.8, 4) is 5.75 Å². The molecule has 4 rings (SSSR count). The van der Waals surface area contributed by atoms with Crippen molar-refractivity contribution < 1.29 is 5.11 Å². The number of phenols is 1. The molecule has 2 bridgehead atoms. The van der Waals surface area contributed by atoms with Gasteiger partial charge in [-0.2, -0.15) is 0 Å². The van der Waals surface area contributed by atoms with Crippen LogP contribution in [0.2, 0.25) is 0 Å². The SMILES string of the molecule is Oc1ccc(C[C@@H]2CC3CCN2CC3)cc1. The van der Waals surface area contributed by atoms with Crippen molar-refractivity contribution >= 4 is 0 Å². The number of benzene rings is 1. The summed E-state index contributed by atoms with van der Waals surface area (Å²) in [6.45, 7) is 2.60. The van der Waals surface area contributed by atoms with Crippen LogP contribution >= 0.6 is 0 Å². The Kier molecular flexibility index (Phi) is 2.60. The highest BCUT2D eigenvalue weighted by molar-refractivity contribution is 5.26. The number of hydrogen-bond donors (Lipinski definition) is 1. The predicted molar refractivity (Wildman–Crippen MR) is 64.5 cm³/mol. The van der Waals surface area contributed by atoms with Gasteiger partial charge in [0.15, 0.2) is 0 Å². The number of nitrogens with zero attached hydrogens (tertiary/aromatic N) is 1. The molecule has 3 saturated heterocycles. The number of hydrogen-bond acceptors (Lipinski definition) is 2. The van der Waals surface area contributed by atoms with Crippen molar-refractivity contribution in [2.75, 3.05) is 13.1 Å². The van der Waals surface area contributed by atoms with Crippen molar-refractivity contribution in [3.63, 3.8) is 0 Å². The highest BCUT2D eigenvalue weighted by Crippen LogP contribution is 2.33. The van der Waals surface area contributed by atoms with Gasteiger partial charge in [0, 0.05) is 6.04 Å². The molecule has 3 heterocycles. The van der Waals surface area contributed by atoms with Gasteiger partial charge in [-0.3, -0.25) is 0 Å². The molecular weight excluding hydrogens is 198 g/mol. The molecule has 0 spiro atoms. The summed E-state index contributed by atoms with van der Waals surface area (Å²) in [6, 6.07) is 8.45. The summed E-state index contributed by atoms with van der Waals surface area (Å²) >= 11 is 0. The van der Waals surface area contributed by atoms with Gasteiger partial charge in [-0.1, -0.05) is 12.1 Å². The Labute approximate surface area is 96.9 Å². The second-order valence-corrected chi connectivity index (χ2v) is 5.24. The van der Waals surface area contributed by atoms with Crippen LogP contribution in [0.25, 0.3) is 0 Å². The van der Waals surface area contributed by atoms with E-state index in [2.05, 4.69) is 17.0 Å². The first-order chi connectivity index (χ1) is 7.81. The Balaban J connectivity index is 1.68. The molecule has 86 valence electrons. The predicted octanol–water partition coefficient (Wildman–Crippen LogP) is 2.42. The first-order valence-corrected chi connectivity index (χ1v) is 6.33. The minimum atomic E-state index is 0.370. The van der Waals surface area contributed by atoms with Crippen LogP contribution in [0.1, 0.15) is 24.8 Å². The molecule has 1 N–H and O–H groups in total. The Morgan fingerprint density at radius 3 is 2.38 bits per heavy atom. The van der Waals surface area contributed by atoms with Gasteiger partial charge in [0.05, 0.1) is 0 Å². The van der Waals surface area contributed by atoms with Gasteiger partial charge in [0.2, 0.25) is 0 Å². The van der Waals surface area contributed by atoms with E-state index in [4.69, 9.17) is 0 Å². The van der Waals surface area contributed by atoms with Crippen molar-refractivity contribution in [2.24, 2.45) is 5.92 Å². The van der Waals surface area contributed by atoms with Crippen molar-refractivity contribution in [1.29, 1.82) is 0 Å². The molecule has 1 atom stereocenters. The van der Waals surface area contributed by atoms with Crippen LogP contribution < -0.4 is 0 Å². The van der Waals surface area contributed by atoms with E-state index < -0.39 is 0 Å². The molecule has 2 heteroatoms. The first kappa shape index (κ1) is 10.2. The summed E-state index contributed by atoms with van der Waals surface area (Å²) in [5.41, 5.74) is 1.36. The molecule has 2 nitrogen and oxygen atoms in total. The van der Waals surface area contributed by atoms with Crippen molar-refractivity contribution in [2.45, 2.75) is 31.7 Å². The van der Waals surface area contributed by atoms with E-state index in [-0.39, 0.29) is 0 Å². The smallest absolute Gasteiger partial charge is 0.115 e. The summed E-state index contributed by atoms with van der Waals surface area (Å²) in [4.78, 5) is 2.65. The molecule has 1 aromatic rings. The lowest BCUT2D eigenvalue weighted by atomic mass is 9.81. The maximum absolute atomic E-state index is 9.26. The van der Waals surface area contributed by atoms with Crippen LogP contribution in [0.4, 0.5) is 0 Å². The van der Waals surface area contributed by atoms with E-state index in [1.165, 1.54) is 37.9 Å². The molecule has 0 aliphatic carbocycles. The second-order valence-electron chi connectivity index (χ2n) is 5.24. The maximum Gasteiger partial charge on any atom is 0.115 e. The lowest BCUT2D eigenvalue weighted by molar-refractivity contribution is 0.0498. The van der Waals surface area contributed by atoms with Gasteiger partial charge in [-0.25, -0.2) is 0 Å². The van der Waals surface area contributed by atoms with Gasteiger partial charge in [-0.15, -0.1) is 0 Å². The van der Waals surface area contributed by atoms with E-state index in [1.54, 1.807) is 12.1 Å². The van der Waals surface area contributed by atoms with Crippen LogP contribution in [0.15, 0.2) is 24.3 Å². The first-order valence-electron chi connectivity index (χ1n) is 6.33. The molecular formula is C14H19NO. The molecule has 0 unspecified atom stereocenters. The highest BCUT2D eigenvalue weighted by Gasteiger charge is 2.33. The number of rotatable bonds is 2. The van der Waals surface area contributed by atoms with E-state index in [0.717, 1.165) is 18.4 Å². The van der Waals surface area contributed by atoms with Gasteiger partial charge in [-0.05, 0) is 62.4 Å². The van der Waals surface area contributed by atoms with Crippen molar-refractivity contribution in [1.82, 2.24) is 4.90 Å². The Morgan fingerprint density at radius 2 is 1.81 bits per heavy atom. The van der Waals surface area contributed by atoms with E-state index >= 15 is 0 Å². The van der Waals surface area contributed by atoms with Crippen LogP contribution in [-0.2, 0) is 6.42 Å². The minimum Gasteiger partial charge on any atom is -0.508 e. The van der Waals surface area contributed by atoms with Crippen LogP contribution in [0, 0.1) is 5.92 Å². The third-order valence-electron chi connectivity index (χ3n) is 4.18.